The average molecular weight is 200 g/mol. The van der Waals surface area contributed by atoms with Crippen LogP contribution in [0.3, 0.4) is 0 Å². The fraction of sp³-hybridized carbons (Fsp3) is 0.909. The lowest BCUT2D eigenvalue weighted by atomic mass is 10.1. The predicted molar refractivity (Wildman–Crippen MR) is 60.2 cm³/mol. The van der Waals surface area contributed by atoms with Crippen LogP contribution in [0.5, 0.6) is 0 Å². The maximum atomic E-state index is 11.3. The Balaban J connectivity index is 3.65. The molecule has 1 amide bonds. The summed E-state index contributed by atoms with van der Waals surface area (Å²) in [5.74, 6) is 0.234. The third kappa shape index (κ3) is 5.97. The number of nitrogens with zero attached hydrogens (tertiary/aromatic N) is 1. The number of rotatable bonds is 6. The van der Waals surface area contributed by atoms with E-state index in [1.807, 2.05) is 13.8 Å². The zero-order valence-corrected chi connectivity index (χ0v) is 10.1. The lowest BCUT2D eigenvalue weighted by Gasteiger charge is -2.19. The van der Waals surface area contributed by atoms with E-state index in [4.69, 9.17) is 0 Å². The Morgan fingerprint density at radius 3 is 2.36 bits per heavy atom. The lowest BCUT2D eigenvalue weighted by molar-refractivity contribution is -0.124. The van der Waals surface area contributed by atoms with Gasteiger partial charge in [0, 0.05) is 12.0 Å². The summed E-state index contributed by atoms with van der Waals surface area (Å²) in [6.07, 6.45) is 1.02. The molecule has 0 saturated heterocycles. The van der Waals surface area contributed by atoms with Crippen LogP contribution in [0.4, 0.5) is 0 Å². The van der Waals surface area contributed by atoms with Crippen molar-refractivity contribution in [2.45, 2.75) is 40.2 Å². The highest BCUT2D eigenvalue weighted by Gasteiger charge is 2.10. The second-order valence-corrected chi connectivity index (χ2v) is 4.25. The van der Waals surface area contributed by atoms with Crippen LogP contribution in [0.1, 0.15) is 34.1 Å². The fourth-order valence-electron chi connectivity index (χ4n) is 1.05. The third-order valence-corrected chi connectivity index (χ3v) is 2.40. The molecule has 0 aromatic rings. The van der Waals surface area contributed by atoms with Crippen LogP contribution in [0.2, 0.25) is 0 Å². The first-order chi connectivity index (χ1) is 6.47. The molecule has 0 aliphatic carbocycles. The molecule has 0 aliphatic rings. The van der Waals surface area contributed by atoms with Gasteiger partial charge in [-0.3, -0.25) is 4.79 Å². The molecule has 0 aromatic carbocycles. The maximum Gasteiger partial charge on any atom is 0.222 e. The highest BCUT2D eigenvalue weighted by molar-refractivity contribution is 5.78. The highest BCUT2D eigenvalue weighted by atomic mass is 16.1. The molecule has 84 valence electrons. The Hall–Kier alpha value is -0.570. The minimum Gasteiger partial charge on any atom is -0.353 e. The predicted octanol–water partition coefficient (Wildman–Crippen LogP) is 1.49. The lowest BCUT2D eigenvalue weighted by Crippen LogP contribution is -2.37. The summed E-state index contributed by atoms with van der Waals surface area (Å²) in [7, 11) is 2.09. The summed E-state index contributed by atoms with van der Waals surface area (Å²) < 4.78 is 0. The summed E-state index contributed by atoms with van der Waals surface area (Å²) in [6, 6.07) is 0.277. The molecular weight excluding hydrogens is 176 g/mol. The van der Waals surface area contributed by atoms with Gasteiger partial charge in [0.2, 0.25) is 5.91 Å². The molecule has 0 saturated carbocycles. The summed E-state index contributed by atoms with van der Waals surface area (Å²) in [5.41, 5.74) is 0. The summed E-state index contributed by atoms with van der Waals surface area (Å²) in [6.45, 7) is 10.1. The number of nitrogens with one attached hydrogen (secondary N) is 1. The van der Waals surface area contributed by atoms with Crippen LogP contribution < -0.4 is 5.32 Å². The highest BCUT2D eigenvalue weighted by Crippen LogP contribution is 1.97. The Kier molecular flexibility index (Phi) is 6.54. The van der Waals surface area contributed by atoms with Crippen molar-refractivity contribution in [2.75, 3.05) is 20.1 Å². The molecule has 3 heteroatoms. The topological polar surface area (TPSA) is 32.3 Å². The van der Waals surface area contributed by atoms with Crippen LogP contribution in [0.15, 0.2) is 0 Å². The van der Waals surface area contributed by atoms with E-state index >= 15 is 0 Å². The SMILES string of the molecule is CCN(C)CCC(C)NC(=O)C(C)C. The van der Waals surface area contributed by atoms with Crippen LogP contribution in [-0.4, -0.2) is 37.0 Å². The number of carbonyl (C=O) groups excluding carboxylic acids is 1. The molecule has 0 spiro atoms. The number of carbonyl (C=O) groups is 1. The van der Waals surface area contributed by atoms with Crippen LogP contribution >= 0.6 is 0 Å². The minimum absolute atomic E-state index is 0.0846. The molecule has 0 rings (SSSR count). The van der Waals surface area contributed by atoms with E-state index in [1.54, 1.807) is 0 Å². The molecule has 0 aromatic heterocycles. The van der Waals surface area contributed by atoms with Gasteiger partial charge in [-0.1, -0.05) is 20.8 Å². The van der Waals surface area contributed by atoms with Crippen molar-refractivity contribution >= 4 is 5.91 Å². The van der Waals surface area contributed by atoms with Crippen molar-refractivity contribution < 1.29 is 4.79 Å². The molecule has 0 radical (unpaired) electrons. The van der Waals surface area contributed by atoms with Crippen LogP contribution in [0.25, 0.3) is 0 Å². The summed E-state index contributed by atoms with van der Waals surface area (Å²) in [5, 5.41) is 2.99. The van der Waals surface area contributed by atoms with Gasteiger partial charge in [0.1, 0.15) is 0 Å². The number of hydrogen-bond acceptors (Lipinski definition) is 2. The van der Waals surface area contributed by atoms with Gasteiger partial charge < -0.3 is 10.2 Å². The second-order valence-electron chi connectivity index (χ2n) is 4.25. The van der Waals surface area contributed by atoms with E-state index in [1.165, 1.54) is 0 Å². The Morgan fingerprint density at radius 1 is 1.36 bits per heavy atom. The smallest absolute Gasteiger partial charge is 0.222 e. The quantitative estimate of drug-likeness (QED) is 0.704. The summed E-state index contributed by atoms with van der Waals surface area (Å²) in [4.78, 5) is 13.6. The third-order valence-electron chi connectivity index (χ3n) is 2.40. The van der Waals surface area contributed by atoms with Crippen molar-refractivity contribution in [1.82, 2.24) is 10.2 Å². The molecule has 14 heavy (non-hydrogen) atoms. The van der Waals surface area contributed by atoms with Gasteiger partial charge in [-0.2, -0.15) is 0 Å². The van der Waals surface area contributed by atoms with Gasteiger partial charge >= 0.3 is 0 Å². The van der Waals surface area contributed by atoms with Crippen molar-refractivity contribution in [3.63, 3.8) is 0 Å². The van der Waals surface area contributed by atoms with Gasteiger partial charge in [-0.25, -0.2) is 0 Å². The Labute approximate surface area is 87.9 Å². The minimum atomic E-state index is 0.0846. The molecule has 1 atom stereocenters. The maximum absolute atomic E-state index is 11.3. The van der Waals surface area contributed by atoms with E-state index in [0.29, 0.717) is 0 Å². The van der Waals surface area contributed by atoms with Crippen LogP contribution in [0, 0.1) is 5.92 Å². The number of hydrogen-bond donors (Lipinski definition) is 1. The first kappa shape index (κ1) is 13.4. The van der Waals surface area contributed by atoms with Gasteiger partial charge in [-0.05, 0) is 33.5 Å². The van der Waals surface area contributed by atoms with Gasteiger partial charge in [0.25, 0.3) is 0 Å². The molecule has 1 unspecified atom stereocenters. The normalized spacial score (nSPS) is 13.4. The standard InChI is InChI=1S/C11H24N2O/c1-6-13(5)8-7-10(4)12-11(14)9(2)3/h9-10H,6-8H2,1-5H3,(H,12,14). The number of amides is 1. The van der Waals surface area contributed by atoms with E-state index in [2.05, 4.69) is 31.1 Å². The molecule has 0 aliphatic heterocycles. The molecular formula is C11H24N2O. The van der Waals surface area contributed by atoms with E-state index < -0.39 is 0 Å². The molecule has 3 nitrogen and oxygen atoms in total. The fourth-order valence-corrected chi connectivity index (χ4v) is 1.05. The van der Waals surface area contributed by atoms with Crippen molar-refractivity contribution in [2.24, 2.45) is 5.92 Å². The summed E-state index contributed by atoms with van der Waals surface area (Å²) >= 11 is 0. The van der Waals surface area contributed by atoms with E-state index in [-0.39, 0.29) is 17.9 Å². The Morgan fingerprint density at radius 2 is 1.93 bits per heavy atom. The second kappa shape index (κ2) is 6.82. The van der Waals surface area contributed by atoms with Crippen LogP contribution in [-0.2, 0) is 4.79 Å². The molecule has 0 heterocycles. The molecule has 0 bridgehead atoms. The van der Waals surface area contributed by atoms with Gasteiger partial charge in [0.15, 0.2) is 0 Å². The first-order valence-electron chi connectivity index (χ1n) is 5.46. The van der Waals surface area contributed by atoms with Gasteiger partial charge in [0.05, 0.1) is 0 Å². The monoisotopic (exact) mass is 200 g/mol. The van der Waals surface area contributed by atoms with Crippen molar-refractivity contribution in [3.05, 3.63) is 0 Å². The zero-order valence-electron chi connectivity index (χ0n) is 10.1. The van der Waals surface area contributed by atoms with Gasteiger partial charge in [-0.15, -0.1) is 0 Å². The van der Waals surface area contributed by atoms with Crippen molar-refractivity contribution in [1.29, 1.82) is 0 Å². The molecule has 0 fully saturated rings. The average Bonchev–Trinajstić information content (AvgIpc) is 2.13. The zero-order chi connectivity index (χ0) is 11.1. The van der Waals surface area contributed by atoms with Crippen molar-refractivity contribution in [3.8, 4) is 0 Å². The van der Waals surface area contributed by atoms with E-state index in [0.717, 1.165) is 19.5 Å². The first-order valence-corrected chi connectivity index (χ1v) is 5.46. The van der Waals surface area contributed by atoms with E-state index in [9.17, 15) is 4.79 Å². The largest absolute Gasteiger partial charge is 0.353 e. The molecule has 1 N–H and O–H groups in total. The Bertz CT molecular complexity index is 169.